The van der Waals surface area contributed by atoms with Crippen molar-refractivity contribution in [2.45, 2.75) is 0 Å². The van der Waals surface area contributed by atoms with Gasteiger partial charge in [-0.15, -0.1) is 0 Å². The lowest BCUT2D eigenvalue weighted by Gasteiger charge is -2.00. The number of pyridine rings is 1. The summed E-state index contributed by atoms with van der Waals surface area (Å²) in [5, 5.41) is 0. The molecule has 0 unspecified atom stereocenters. The smallest absolute Gasteiger partial charge is 0.137 e. The first kappa shape index (κ1) is 7.55. The Morgan fingerprint density at radius 1 is 1.25 bits per heavy atom. The first-order chi connectivity index (χ1) is 5.86. The maximum atomic E-state index is 4.22. The highest BCUT2D eigenvalue weighted by atomic mass is 79.9. The van der Waals surface area contributed by atoms with Crippen LogP contribution in [0.4, 0.5) is 0 Å². The molecular formula is C9H7BrN2. The molecule has 0 spiro atoms. The summed E-state index contributed by atoms with van der Waals surface area (Å²) < 4.78 is 3.01. The number of hydrogen-bond donors (Lipinski definition) is 0. The van der Waals surface area contributed by atoms with Crippen LogP contribution in [0, 0.1) is 0 Å². The summed E-state index contributed by atoms with van der Waals surface area (Å²) in [5.74, 6) is 0.925. The van der Waals surface area contributed by atoms with Crippen LogP contribution >= 0.6 is 15.9 Å². The van der Waals surface area contributed by atoms with Crippen LogP contribution < -0.4 is 0 Å². The molecule has 2 aromatic rings. The van der Waals surface area contributed by atoms with E-state index >= 15 is 0 Å². The Kier molecular flexibility index (Phi) is 1.96. The molecule has 3 heteroatoms. The van der Waals surface area contributed by atoms with Gasteiger partial charge in [0.05, 0.1) is 0 Å². The third kappa shape index (κ3) is 1.41. The average molecular weight is 223 g/mol. The van der Waals surface area contributed by atoms with Crippen molar-refractivity contribution in [1.29, 1.82) is 0 Å². The lowest BCUT2D eigenvalue weighted by molar-refractivity contribution is 1.01. The number of rotatable bonds is 1. The SMILES string of the molecule is Brc1ccnc(-n2cccc2)c1. The fourth-order valence-corrected chi connectivity index (χ4v) is 1.34. The molecule has 0 aliphatic heterocycles. The molecule has 0 atom stereocenters. The van der Waals surface area contributed by atoms with Crippen molar-refractivity contribution >= 4 is 15.9 Å². The van der Waals surface area contributed by atoms with E-state index in [1.165, 1.54) is 0 Å². The standard InChI is InChI=1S/C9H7BrN2/c10-8-3-4-11-9(7-8)12-5-1-2-6-12/h1-7H. The van der Waals surface area contributed by atoms with Gasteiger partial charge < -0.3 is 4.57 Å². The van der Waals surface area contributed by atoms with Gasteiger partial charge in [-0.05, 0) is 24.3 Å². The van der Waals surface area contributed by atoms with Gasteiger partial charge in [-0.1, -0.05) is 15.9 Å². The summed E-state index contributed by atoms with van der Waals surface area (Å²) in [6, 6.07) is 7.83. The minimum atomic E-state index is 0.925. The molecule has 0 amide bonds. The van der Waals surface area contributed by atoms with Crippen molar-refractivity contribution in [3.8, 4) is 5.82 Å². The molecule has 0 aliphatic rings. The minimum Gasteiger partial charge on any atom is -0.309 e. The lowest BCUT2D eigenvalue weighted by Crippen LogP contribution is -1.92. The molecule has 0 fully saturated rings. The third-order valence-electron chi connectivity index (χ3n) is 1.58. The summed E-state index contributed by atoms with van der Waals surface area (Å²) in [5.41, 5.74) is 0. The Morgan fingerprint density at radius 3 is 2.67 bits per heavy atom. The van der Waals surface area contributed by atoms with E-state index in [0.717, 1.165) is 10.3 Å². The maximum absolute atomic E-state index is 4.22. The van der Waals surface area contributed by atoms with Gasteiger partial charge in [0.15, 0.2) is 0 Å². The van der Waals surface area contributed by atoms with E-state index < -0.39 is 0 Å². The molecule has 0 aromatic carbocycles. The first-order valence-corrected chi connectivity index (χ1v) is 4.40. The zero-order valence-corrected chi connectivity index (χ0v) is 7.90. The molecule has 0 saturated heterocycles. The van der Waals surface area contributed by atoms with Gasteiger partial charge >= 0.3 is 0 Å². The molecule has 0 radical (unpaired) electrons. The number of halogens is 1. The number of hydrogen-bond acceptors (Lipinski definition) is 1. The average Bonchev–Trinajstić information content (AvgIpc) is 2.56. The van der Waals surface area contributed by atoms with Crippen molar-refractivity contribution in [2.75, 3.05) is 0 Å². The van der Waals surface area contributed by atoms with E-state index in [4.69, 9.17) is 0 Å². The van der Waals surface area contributed by atoms with Gasteiger partial charge in [0.25, 0.3) is 0 Å². The van der Waals surface area contributed by atoms with Gasteiger partial charge in [0, 0.05) is 23.1 Å². The van der Waals surface area contributed by atoms with E-state index in [0.29, 0.717) is 0 Å². The zero-order valence-electron chi connectivity index (χ0n) is 6.31. The van der Waals surface area contributed by atoms with Crippen LogP contribution in [-0.4, -0.2) is 9.55 Å². The normalized spacial score (nSPS) is 10.1. The number of nitrogens with zero attached hydrogens (tertiary/aromatic N) is 2. The van der Waals surface area contributed by atoms with Crippen LogP contribution in [-0.2, 0) is 0 Å². The van der Waals surface area contributed by atoms with Crippen LogP contribution in [0.1, 0.15) is 0 Å². The van der Waals surface area contributed by atoms with Gasteiger partial charge in [-0.2, -0.15) is 0 Å². The van der Waals surface area contributed by atoms with Crippen molar-refractivity contribution < 1.29 is 0 Å². The maximum Gasteiger partial charge on any atom is 0.137 e. The molecule has 0 bridgehead atoms. The van der Waals surface area contributed by atoms with E-state index in [-0.39, 0.29) is 0 Å². The monoisotopic (exact) mass is 222 g/mol. The van der Waals surface area contributed by atoms with Crippen molar-refractivity contribution in [2.24, 2.45) is 0 Å². The van der Waals surface area contributed by atoms with E-state index in [9.17, 15) is 0 Å². The van der Waals surface area contributed by atoms with Gasteiger partial charge in [-0.3, -0.25) is 0 Å². The van der Waals surface area contributed by atoms with Crippen LogP contribution in [0.3, 0.4) is 0 Å². The van der Waals surface area contributed by atoms with Crippen molar-refractivity contribution in [3.63, 3.8) is 0 Å². The molecule has 0 aliphatic carbocycles. The van der Waals surface area contributed by atoms with E-state index in [1.54, 1.807) is 6.20 Å². The molecule has 0 N–H and O–H groups in total. The van der Waals surface area contributed by atoms with E-state index in [2.05, 4.69) is 20.9 Å². The predicted molar refractivity (Wildman–Crippen MR) is 51.3 cm³/mol. The highest BCUT2D eigenvalue weighted by Crippen LogP contribution is 2.12. The second-order valence-corrected chi connectivity index (χ2v) is 3.34. The molecule has 2 rings (SSSR count). The highest BCUT2D eigenvalue weighted by Gasteiger charge is 1.94. The summed E-state index contributed by atoms with van der Waals surface area (Å²) >= 11 is 3.39. The minimum absolute atomic E-state index is 0.925. The Hall–Kier alpha value is -1.09. The Morgan fingerprint density at radius 2 is 2.00 bits per heavy atom. The number of aromatic nitrogens is 2. The Bertz CT molecular complexity index is 368. The topological polar surface area (TPSA) is 17.8 Å². The lowest BCUT2D eigenvalue weighted by atomic mass is 10.4. The van der Waals surface area contributed by atoms with Gasteiger partial charge in [0.2, 0.25) is 0 Å². The molecule has 2 heterocycles. The fraction of sp³-hybridized carbons (Fsp3) is 0. The third-order valence-corrected chi connectivity index (χ3v) is 2.07. The fourth-order valence-electron chi connectivity index (χ4n) is 1.02. The molecule has 2 nitrogen and oxygen atoms in total. The summed E-state index contributed by atoms with van der Waals surface area (Å²) in [7, 11) is 0. The summed E-state index contributed by atoms with van der Waals surface area (Å²) in [6.45, 7) is 0. The Labute approximate surface area is 79.0 Å². The molecule has 0 saturated carbocycles. The van der Waals surface area contributed by atoms with Crippen LogP contribution in [0.15, 0.2) is 47.3 Å². The second kappa shape index (κ2) is 3.11. The first-order valence-electron chi connectivity index (χ1n) is 3.61. The molecule has 12 heavy (non-hydrogen) atoms. The molecule has 2 aromatic heterocycles. The highest BCUT2D eigenvalue weighted by molar-refractivity contribution is 9.10. The van der Waals surface area contributed by atoms with Crippen molar-refractivity contribution in [1.82, 2.24) is 9.55 Å². The van der Waals surface area contributed by atoms with Crippen LogP contribution in [0.25, 0.3) is 5.82 Å². The quantitative estimate of drug-likeness (QED) is 0.726. The van der Waals surface area contributed by atoms with Crippen LogP contribution in [0.5, 0.6) is 0 Å². The predicted octanol–water partition coefficient (Wildman–Crippen LogP) is 2.63. The zero-order chi connectivity index (χ0) is 8.39. The van der Waals surface area contributed by atoms with Crippen LogP contribution in [0.2, 0.25) is 0 Å². The van der Waals surface area contributed by atoms with Crippen molar-refractivity contribution in [3.05, 3.63) is 47.3 Å². The van der Waals surface area contributed by atoms with E-state index in [1.807, 2.05) is 41.2 Å². The summed E-state index contributed by atoms with van der Waals surface area (Å²) in [4.78, 5) is 4.22. The second-order valence-electron chi connectivity index (χ2n) is 2.42. The van der Waals surface area contributed by atoms with Gasteiger partial charge in [-0.25, -0.2) is 4.98 Å². The van der Waals surface area contributed by atoms with Gasteiger partial charge in [0.1, 0.15) is 5.82 Å². The molecule has 60 valence electrons. The molecular weight excluding hydrogens is 216 g/mol. The Balaban J connectivity index is 2.48. The summed E-state index contributed by atoms with van der Waals surface area (Å²) in [6.07, 6.45) is 5.71. The largest absolute Gasteiger partial charge is 0.309 e.